The maximum Gasteiger partial charge on any atom is 0.433 e. The average Bonchev–Trinajstić information content (AvgIpc) is 3.27. The van der Waals surface area contributed by atoms with Crippen molar-refractivity contribution in [3.05, 3.63) is 59.1 Å². The van der Waals surface area contributed by atoms with Gasteiger partial charge in [0, 0.05) is 17.1 Å². The minimum absolute atomic E-state index is 0.105. The number of halogens is 3. The van der Waals surface area contributed by atoms with Gasteiger partial charge < -0.3 is 24.3 Å². The lowest BCUT2D eigenvalue weighted by atomic mass is 10.1. The molecule has 0 bridgehead atoms. The Morgan fingerprint density at radius 1 is 1.32 bits per heavy atom. The van der Waals surface area contributed by atoms with Crippen LogP contribution in [0, 0.1) is 6.92 Å². The molecule has 1 aliphatic rings. The number of fused-ring (bicyclic) bond motifs is 1. The summed E-state index contributed by atoms with van der Waals surface area (Å²) in [7, 11) is 0. The molecular formula is C21H19F3N2O5. The zero-order valence-electron chi connectivity index (χ0n) is 16.4. The predicted octanol–water partition coefficient (Wildman–Crippen LogP) is 3.22. The van der Waals surface area contributed by atoms with Crippen molar-refractivity contribution in [2.45, 2.75) is 31.9 Å². The van der Waals surface area contributed by atoms with Gasteiger partial charge >= 0.3 is 6.18 Å². The van der Waals surface area contributed by atoms with Crippen molar-refractivity contribution in [3.8, 4) is 5.75 Å². The molecule has 1 aliphatic heterocycles. The van der Waals surface area contributed by atoms with Gasteiger partial charge in [0.1, 0.15) is 23.7 Å². The van der Waals surface area contributed by atoms with Crippen LogP contribution in [0.15, 0.2) is 40.9 Å². The summed E-state index contributed by atoms with van der Waals surface area (Å²) in [5.74, 6) is 0.183. The number of nitrogens with one attached hydrogen (secondary N) is 1. The van der Waals surface area contributed by atoms with Crippen molar-refractivity contribution in [3.63, 3.8) is 0 Å². The lowest BCUT2D eigenvalue weighted by molar-refractivity contribution is -0.142. The molecule has 2 aromatic heterocycles. The van der Waals surface area contributed by atoms with Crippen LogP contribution < -0.4 is 10.1 Å². The summed E-state index contributed by atoms with van der Waals surface area (Å²) in [5, 5.41) is 13.0. The number of hydrogen-bond donors (Lipinski definition) is 2. The molecule has 0 saturated carbocycles. The smallest absolute Gasteiger partial charge is 0.433 e. The lowest BCUT2D eigenvalue weighted by Crippen LogP contribution is -2.42. The third-order valence-electron chi connectivity index (χ3n) is 4.98. The number of carbonyl (C=O) groups excluding carboxylic acids is 1. The number of furan rings is 1. The summed E-state index contributed by atoms with van der Waals surface area (Å²) in [5.41, 5.74) is -0.424. The Balaban J connectivity index is 1.57. The highest BCUT2D eigenvalue weighted by Crippen LogP contribution is 2.32. The van der Waals surface area contributed by atoms with Gasteiger partial charge in [0.2, 0.25) is 0 Å². The van der Waals surface area contributed by atoms with E-state index in [1.54, 1.807) is 19.1 Å². The number of aliphatic hydroxyl groups excluding tert-OH is 1. The predicted molar refractivity (Wildman–Crippen MR) is 103 cm³/mol. The van der Waals surface area contributed by atoms with Crippen molar-refractivity contribution >= 4 is 16.9 Å². The van der Waals surface area contributed by atoms with Gasteiger partial charge in [-0.15, -0.1) is 0 Å². The van der Waals surface area contributed by atoms with E-state index < -0.39 is 29.9 Å². The van der Waals surface area contributed by atoms with Gasteiger partial charge in [-0.05, 0) is 31.2 Å². The first-order valence-corrected chi connectivity index (χ1v) is 9.47. The van der Waals surface area contributed by atoms with Gasteiger partial charge in [-0.2, -0.15) is 13.2 Å². The zero-order valence-corrected chi connectivity index (χ0v) is 16.4. The Labute approximate surface area is 174 Å². The quantitative estimate of drug-likeness (QED) is 0.638. The molecule has 1 amide bonds. The van der Waals surface area contributed by atoms with Crippen molar-refractivity contribution in [2.75, 3.05) is 13.2 Å². The van der Waals surface area contributed by atoms with Gasteiger partial charge in [0.05, 0.1) is 30.9 Å². The summed E-state index contributed by atoms with van der Waals surface area (Å²) in [4.78, 5) is 16.2. The van der Waals surface area contributed by atoms with Gasteiger partial charge in [-0.3, -0.25) is 9.78 Å². The van der Waals surface area contributed by atoms with Gasteiger partial charge in [-0.25, -0.2) is 0 Å². The minimum Gasteiger partial charge on any atom is -0.489 e. The molecule has 3 aromatic rings. The Morgan fingerprint density at radius 2 is 2.13 bits per heavy atom. The molecule has 10 heteroatoms. The van der Waals surface area contributed by atoms with Crippen LogP contribution in [-0.2, 0) is 17.5 Å². The van der Waals surface area contributed by atoms with Crippen LogP contribution >= 0.6 is 0 Å². The maximum atomic E-state index is 13.1. The second-order valence-corrected chi connectivity index (χ2v) is 7.17. The fraction of sp³-hybridized carbons (Fsp3) is 0.333. The second kappa shape index (κ2) is 8.20. The van der Waals surface area contributed by atoms with Crippen molar-refractivity contribution < 1.29 is 37.0 Å². The van der Waals surface area contributed by atoms with Crippen LogP contribution in [0.3, 0.4) is 0 Å². The fourth-order valence-corrected chi connectivity index (χ4v) is 3.46. The number of aliphatic hydroxyl groups is 1. The molecule has 2 unspecified atom stereocenters. The highest BCUT2D eigenvalue weighted by molar-refractivity contribution is 6.07. The normalized spacial score (nSPS) is 19.0. The van der Waals surface area contributed by atoms with Crippen molar-refractivity contribution in [1.29, 1.82) is 0 Å². The van der Waals surface area contributed by atoms with E-state index in [0.717, 1.165) is 6.20 Å². The summed E-state index contributed by atoms with van der Waals surface area (Å²) < 4.78 is 55.7. The fourth-order valence-electron chi connectivity index (χ4n) is 3.46. The topological polar surface area (TPSA) is 93.8 Å². The average molecular weight is 436 g/mol. The third-order valence-corrected chi connectivity index (χ3v) is 4.98. The molecule has 1 aromatic carbocycles. The number of amides is 1. The molecule has 2 N–H and O–H groups in total. The molecule has 1 saturated heterocycles. The Kier molecular flexibility index (Phi) is 5.59. The number of nitrogens with zero attached hydrogens (tertiary/aromatic N) is 1. The monoisotopic (exact) mass is 436 g/mol. The third kappa shape index (κ3) is 4.35. The number of ether oxygens (including phenoxy) is 2. The SMILES string of the molecule is Cc1oc2ccc(OCc3cccnc3C(F)(F)F)cc2c1C(=O)NC1COCC1O. The van der Waals surface area contributed by atoms with Crippen LogP contribution in [0.25, 0.3) is 11.0 Å². The van der Waals surface area contributed by atoms with Crippen molar-refractivity contribution in [2.24, 2.45) is 0 Å². The molecule has 0 spiro atoms. The molecule has 31 heavy (non-hydrogen) atoms. The van der Waals surface area contributed by atoms with Gasteiger partial charge in [-0.1, -0.05) is 6.07 Å². The van der Waals surface area contributed by atoms with E-state index in [1.807, 2.05) is 0 Å². The number of pyridine rings is 1. The van der Waals surface area contributed by atoms with E-state index in [2.05, 4.69) is 10.3 Å². The first kappa shape index (κ1) is 21.1. The van der Waals surface area contributed by atoms with E-state index in [9.17, 15) is 23.1 Å². The summed E-state index contributed by atoms with van der Waals surface area (Å²) in [6.07, 6.45) is -4.32. The molecule has 1 fully saturated rings. The molecule has 3 heterocycles. The number of carbonyl (C=O) groups is 1. The van der Waals surface area contributed by atoms with Gasteiger partial charge in [0.25, 0.3) is 5.91 Å². The Bertz CT molecular complexity index is 1110. The van der Waals surface area contributed by atoms with E-state index >= 15 is 0 Å². The van der Waals surface area contributed by atoms with E-state index in [1.165, 1.54) is 18.2 Å². The minimum atomic E-state index is -4.59. The first-order chi connectivity index (χ1) is 14.7. The van der Waals surface area contributed by atoms with Crippen LogP contribution in [0.1, 0.15) is 27.4 Å². The number of alkyl halides is 3. The summed E-state index contributed by atoms with van der Waals surface area (Å²) in [6, 6.07) is 6.82. The Hall–Kier alpha value is -3.11. The van der Waals surface area contributed by atoms with Crippen molar-refractivity contribution in [1.82, 2.24) is 10.3 Å². The second-order valence-electron chi connectivity index (χ2n) is 7.17. The number of hydrogen-bond acceptors (Lipinski definition) is 6. The maximum absolute atomic E-state index is 13.1. The number of aryl methyl sites for hydroxylation is 1. The standard InChI is InChI=1S/C21H19F3N2O5/c1-11-18(20(28)26-15-9-29-10-16(15)27)14-7-13(4-5-17(14)31-11)30-8-12-3-2-6-25-19(12)21(22,23)24/h2-7,15-16,27H,8-10H2,1H3,(H,26,28). The number of aromatic nitrogens is 1. The number of benzene rings is 1. The molecule has 0 aliphatic carbocycles. The van der Waals surface area contributed by atoms with E-state index in [-0.39, 0.29) is 36.7 Å². The zero-order chi connectivity index (χ0) is 22.2. The van der Waals surface area contributed by atoms with Crippen LogP contribution in [0.4, 0.5) is 13.2 Å². The van der Waals surface area contributed by atoms with Gasteiger partial charge in [0.15, 0.2) is 5.69 Å². The largest absolute Gasteiger partial charge is 0.489 e. The molecule has 2 atom stereocenters. The molecule has 7 nitrogen and oxygen atoms in total. The first-order valence-electron chi connectivity index (χ1n) is 9.47. The highest BCUT2D eigenvalue weighted by Gasteiger charge is 2.35. The van der Waals surface area contributed by atoms with Crippen LogP contribution in [-0.4, -0.2) is 41.4 Å². The van der Waals surface area contributed by atoms with E-state index in [4.69, 9.17) is 13.9 Å². The highest BCUT2D eigenvalue weighted by atomic mass is 19.4. The molecule has 0 radical (unpaired) electrons. The molecular weight excluding hydrogens is 417 g/mol. The molecule has 4 rings (SSSR count). The summed E-state index contributed by atoms with van der Waals surface area (Å²) >= 11 is 0. The van der Waals surface area contributed by atoms with Crippen LogP contribution in [0.2, 0.25) is 0 Å². The molecule has 164 valence electrons. The summed E-state index contributed by atoms with van der Waals surface area (Å²) in [6.45, 7) is 1.62. The van der Waals surface area contributed by atoms with E-state index in [0.29, 0.717) is 16.7 Å². The number of rotatable bonds is 5. The van der Waals surface area contributed by atoms with Crippen LogP contribution in [0.5, 0.6) is 5.75 Å². The Morgan fingerprint density at radius 3 is 2.84 bits per heavy atom. The lowest BCUT2D eigenvalue weighted by Gasteiger charge is -2.14.